The number of aromatic nitrogens is 1. The lowest BCUT2D eigenvalue weighted by Crippen LogP contribution is -2.35. The normalized spacial score (nSPS) is 14.8. The van der Waals surface area contributed by atoms with Crippen molar-refractivity contribution in [1.82, 2.24) is 9.46 Å². The first-order valence-corrected chi connectivity index (χ1v) is 11.3. The summed E-state index contributed by atoms with van der Waals surface area (Å²) in [5, 5.41) is 6.22. The van der Waals surface area contributed by atoms with Crippen molar-refractivity contribution in [3.05, 3.63) is 35.2 Å². The quantitative estimate of drug-likeness (QED) is 0.635. The van der Waals surface area contributed by atoms with Crippen molar-refractivity contribution in [3.8, 4) is 5.75 Å². The van der Waals surface area contributed by atoms with E-state index in [1.54, 1.807) is 13.8 Å². The number of amides is 1. The zero-order valence-electron chi connectivity index (χ0n) is 17.6. The van der Waals surface area contributed by atoms with E-state index in [1.165, 1.54) is 29.6 Å². The number of nitrogens with one attached hydrogen (secondary N) is 1. The summed E-state index contributed by atoms with van der Waals surface area (Å²) in [6.45, 7) is 3.51. The number of aryl methyl sites for hydroxylation is 2. The molecule has 11 heteroatoms. The van der Waals surface area contributed by atoms with Crippen LogP contribution in [-0.2, 0) is 19.6 Å². The second kappa shape index (κ2) is 9.48. The highest BCUT2D eigenvalue weighted by Crippen LogP contribution is 2.30. The fraction of sp³-hybridized carbons (Fsp3) is 0.450. The molecule has 1 fully saturated rings. The van der Waals surface area contributed by atoms with Gasteiger partial charge in [0.25, 0.3) is 5.91 Å². The number of ether oxygens (including phenoxy) is 2. The van der Waals surface area contributed by atoms with E-state index in [0.29, 0.717) is 24.5 Å². The maximum Gasteiger partial charge on any atom is 0.344 e. The molecule has 2 heterocycles. The summed E-state index contributed by atoms with van der Waals surface area (Å²) in [7, 11) is -2.28. The topological polar surface area (TPSA) is 128 Å². The van der Waals surface area contributed by atoms with Crippen molar-refractivity contribution >= 4 is 27.6 Å². The molecule has 1 aromatic heterocycles. The summed E-state index contributed by atoms with van der Waals surface area (Å²) < 4.78 is 42.5. The van der Waals surface area contributed by atoms with E-state index in [9.17, 15) is 18.0 Å². The zero-order chi connectivity index (χ0) is 22.6. The number of carbonyl (C=O) groups excluding carboxylic acids is 2. The summed E-state index contributed by atoms with van der Waals surface area (Å²) in [5.74, 6) is -0.811. The van der Waals surface area contributed by atoms with E-state index in [4.69, 9.17) is 14.0 Å². The third-order valence-electron chi connectivity index (χ3n) is 4.97. The minimum atomic E-state index is -3.69. The Morgan fingerprint density at radius 1 is 1.19 bits per heavy atom. The van der Waals surface area contributed by atoms with Gasteiger partial charge in [0, 0.05) is 13.1 Å². The number of hydrogen-bond acceptors (Lipinski definition) is 8. The Kier molecular flexibility index (Phi) is 6.96. The van der Waals surface area contributed by atoms with Gasteiger partial charge in [0.15, 0.2) is 6.61 Å². The second-order valence-corrected chi connectivity index (χ2v) is 9.09. The highest BCUT2D eigenvalue weighted by molar-refractivity contribution is 7.89. The van der Waals surface area contributed by atoms with Gasteiger partial charge in [-0.15, -0.1) is 0 Å². The molecule has 1 N–H and O–H groups in total. The Bertz CT molecular complexity index is 1050. The van der Waals surface area contributed by atoms with Gasteiger partial charge in [0.2, 0.25) is 10.0 Å². The Balaban J connectivity index is 1.72. The van der Waals surface area contributed by atoms with Gasteiger partial charge in [0.1, 0.15) is 17.1 Å². The van der Waals surface area contributed by atoms with E-state index >= 15 is 0 Å². The van der Waals surface area contributed by atoms with Crippen LogP contribution >= 0.6 is 0 Å². The minimum Gasteiger partial charge on any atom is -0.495 e. The molecule has 1 saturated heterocycles. The van der Waals surface area contributed by atoms with Crippen LogP contribution in [0.2, 0.25) is 0 Å². The Hall–Kier alpha value is -2.92. The summed E-state index contributed by atoms with van der Waals surface area (Å²) in [6.07, 6.45) is 2.63. The molecule has 0 radical (unpaired) electrons. The van der Waals surface area contributed by atoms with Crippen LogP contribution in [0.3, 0.4) is 0 Å². The van der Waals surface area contributed by atoms with E-state index in [-0.39, 0.29) is 21.9 Å². The molecule has 0 saturated carbocycles. The largest absolute Gasteiger partial charge is 0.495 e. The molecule has 1 amide bonds. The van der Waals surface area contributed by atoms with Crippen LogP contribution < -0.4 is 10.1 Å². The van der Waals surface area contributed by atoms with E-state index in [0.717, 1.165) is 19.3 Å². The average molecular weight is 452 g/mol. The fourth-order valence-corrected chi connectivity index (χ4v) is 4.91. The summed E-state index contributed by atoms with van der Waals surface area (Å²) >= 11 is 0. The molecule has 2 aromatic rings. The van der Waals surface area contributed by atoms with Gasteiger partial charge in [-0.25, -0.2) is 13.2 Å². The Morgan fingerprint density at radius 2 is 1.90 bits per heavy atom. The molecule has 0 spiro atoms. The number of rotatable bonds is 7. The van der Waals surface area contributed by atoms with Crippen LogP contribution in [0.4, 0.5) is 5.69 Å². The molecule has 0 unspecified atom stereocenters. The van der Waals surface area contributed by atoms with Crippen LogP contribution in [0.15, 0.2) is 27.6 Å². The number of sulfonamides is 1. The third-order valence-corrected chi connectivity index (χ3v) is 6.86. The molecule has 1 aliphatic rings. The predicted octanol–water partition coefficient (Wildman–Crippen LogP) is 2.27. The van der Waals surface area contributed by atoms with Gasteiger partial charge >= 0.3 is 5.97 Å². The number of anilines is 1. The highest BCUT2D eigenvalue weighted by atomic mass is 32.2. The lowest BCUT2D eigenvalue weighted by atomic mass is 10.2. The van der Waals surface area contributed by atoms with Crippen molar-refractivity contribution in [1.29, 1.82) is 0 Å². The number of nitrogens with zero attached hydrogens (tertiary/aromatic N) is 2. The van der Waals surface area contributed by atoms with E-state index in [2.05, 4.69) is 10.5 Å². The minimum absolute atomic E-state index is 0.0539. The van der Waals surface area contributed by atoms with E-state index < -0.39 is 28.5 Å². The molecule has 31 heavy (non-hydrogen) atoms. The molecule has 0 atom stereocenters. The third kappa shape index (κ3) is 5.05. The van der Waals surface area contributed by atoms with Crippen molar-refractivity contribution in [3.63, 3.8) is 0 Å². The summed E-state index contributed by atoms with van der Waals surface area (Å²) in [6, 6.07) is 4.26. The maximum absolute atomic E-state index is 12.9. The van der Waals surface area contributed by atoms with Gasteiger partial charge in [-0.2, -0.15) is 4.31 Å². The van der Waals surface area contributed by atoms with Crippen LogP contribution in [-0.4, -0.2) is 56.6 Å². The summed E-state index contributed by atoms with van der Waals surface area (Å²) in [5.41, 5.74) is 0.694. The molecular formula is C20H25N3O7S. The molecule has 0 bridgehead atoms. The number of benzene rings is 1. The molecular weight excluding hydrogens is 426 g/mol. The Morgan fingerprint density at radius 3 is 2.52 bits per heavy atom. The maximum atomic E-state index is 12.9. The first-order valence-electron chi connectivity index (χ1n) is 9.82. The monoisotopic (exact) mass is 451 g/mol. The highest BCUT2D eigenvalue weighted by Gasteiger charge is 2.27. The first-order chi connectivity index (χ1) is 14.7. The van der Waals surface area contributed by atoms with Gasteiger partial charge in [0.05, 0.1) is 23.4 Å². The second-order valence-electron chi connectivity index (χ2n) is 7.15. The molecule has 3 rings (SSSR count). The van der Waals surface area contributed by atoms with Crippen molar-refractivity contribution < 1.29 is 32.0 Å². The number of esters is 1. The molecule has 1 aliphatic heterocycles. The van der Waals surface area contributed by atoms with Crippen LogP contribution in [0, 0.1) is 13.8 Å². The van der Waals surface area contributed by atoms with Gasteiger partial charge < -0.3 is 19.3 Å². The number of hydrogen-bond donors (Lipinski definition) is 1. The lowest BCUT2D eigenvalue weighted by Gasteiger charge is -2.26. The van der Waals surface area contributed by atoms with Gasteiger partial charge in [-0.05, 0) is 44.9 Å². The first kappa shape index (κ1) is 22.8. The van der Waals surface area contributed by atoms with Gasteiger partial charge in [-0.1, -0.05) is 11.6 Å². The molecule has 0 aliphatic carbocycles. The van der Waals surface area contributed by atoms with Crippen molar-refractivity contribution in [2.45, 2.75) is 38.0 Å². The predicted molar refractivity (Wildman–Crippen MR) is 110 cm³/mol. The molecule has 168 valence electrons. The molecule has 1 aromatic carbocycles. The zero-order valence-corrected chi connectivity index (χ0v) is 18.5. The number of piperidine rings is 1. The standard InChI is InChI=1S/C20H25N3O7S/c1-13-19(14(2)30-22-13)20(25)29-12-18(24)21-16-11-15(7-8-17(16)28-3)31(26,27)23-9-5-4-6-10-23/h7-8,11H,4-6,9-10,12H2,1-3H3,(H,21,24). The van der Waals surface area contributed by atoms with Crippen LogP contribution in [0.1, 0.15) is 41.1 Å². The van der Waals surface area contributed by atoms with E-state index in [1.807, 2.05) is 0 Å². The lowest BCUT2D eigenvalue weighted by molar-refractivity contribution is -0.119. The van der Waals surface area contributed by atoms with Crippen molar-refractivity contribution in [2.24, 2.45) is 0 Å². The van der Waals surface area contributed by atoms with Gasteiger partial charge in [-0.3, -0.25) is 4.79 Å². The number of methoxy groups -OCH3 is 1. The van der Waals surface area contributed by atoms with Crippen LogP contribution in [0.25, 0.3) is 0 Å². The van der Waals surface area contributed by atoms with Crippen molar-refractivity contribution in [2.75, 3.05) is 32.1 Å². The smallest absolute Gasteiger partial charge is 0.344 e. The molecule has 10 nitrogen and oxygen atoms in total. The summed E-state index contributed by atoms with van der Waals surface area (Å²) in [4.78, 5) is 24.6. The average Bonchev–Trinajstić information content (AvgIpc) is 3.10. The number of carbonyl (C=O) groups is 2. The Labute approximate surface area is 180 Å². The fourth-order valence-electron chi connectivity index (χ4n) is 3.36. The van der Waals surface area contributed by atoms with Crippen LogP contribution in [0.5, 0.6) is 5.75 Å². The SMILES string of the molecule is COc1ccc(S(=O)(=O)N2CCCCC2)cc1NC(=O)COC(=O)c1c(C)noc1C.